The minimum absolute atomic E-state index is 0.787. The van der Waals surface area contributed by atoms with Crippen LogP contribution in [0.3, 0.4) is 0 Å². The molecule has 0 spiro atoms. The molecule has 0 heterocycles. The first-order valence-corrected chi connectivity index (χ1v) is 6.73. The third kappa shape index (κ3) is 4.48. The molecule has 1 rings (SSSR count). The van der Waals surface area contributed by atoms with Crippen LogP contribution in [0, 0.1) is 17.8 Å². The number of halogens is 1. The van der Waals surface area contributed by atoms with Crippen LogP contribution in [0.25, 0.3) is 0 Å². The summed E-state index contributed by atoms with van der Waals surface area (Å²) >= 11 is 2.32. The van der Waals surface area contributed by atoms with E-state index in [4.69, 9.17) is 0 Å². The molecule has 0 aliphatic heterocycles. The van der Waals surface area contributed by atoms with Crippen LogP contribution < -0.4 is 0 Å². The molecule has 0 nitrogen and oxygen atoms in total. The zero-order chi connectivity index (χ0) is 9.68. The van der Waals surface area contributed by atoms with E-state index in [1.54, 1.807) is 0 Å². The predicted octanol–water partition coefficient (Wildman–Crippen LogP) is 4.79. The van der Waals surface area contributed by atoms with E-state index in [1.807, 2.05) is 0 Å². The van der Waals surface area contributed by atoms with Crippen LogP contribution in [0.15, 0.2) is 10.2 Å². The quantitative estimate of drug-likeness (QED) is 0.656. The number of hydrogen-bond acceptors (Lipinski definition) is 0. The second-order valence-corrected chi connectivity index (χ2v) is 5.38. The van der Waals surface area contributed by atoms with Crippen LogP contribution in [0.5, 0.6) is 0 Å². The van der Waals surface area contributed by atoms with Crippen molar-refractivity contribution < 1.29 is 0 Å². The van der Waals surface area contributed by atoms with Gasteiger partial charge in [0, 0.05) is 0 Å². The molecule has 0 N–H and O–H groups in total. The van der Waals surface area contributed by atoms with Gasteiger partial charge in [-0.05, 0) is 28.3 Å². The molecular formula is C12H21I. The molecule has 0 aromatic rings. The minimum atomic E-state index is 0.787. The summed E-state index contributed by atoms with van der Waals surface area (Å²) in [6.45, 7) is 4.73. The average molecular weight is 292 g/mol. The Labute approximate surface area is 96.3 Å². The molecule has 0 amide bonds. The Bertz CT molecular complexity index is 155. The highest BCUT2D eigenvalue weighted by Gasteiger charge is 2.18. The molecule has 1 unspecified atom stereocenters. The van der Waals surface area contributed by atoms with Gasteiger partial charge in [0.2, 0.25) is 0 Å². The van der Waals surface area contributed by atoms with Crippen LogP contribution >= 0.6 is 22.6 Å². The molecule has 1 aliphatic rings. The van der Waals surface area contributed by atoms with E-state index in [1.165, 1.54) is 32.1 Å². The molecule has 1 heteroatoms. The first-order chi connectivity index (χ1) is 6.22. The Kier molecular flexibility index (Phi) is 5.37. The minimum Gasteiger partial charge on any atom is -0.0756 e. The molecule has 13 heavy (non-hydrogen) atoms. The average Bonchev–Trinajstić information content (AvgIpc) is 2.09. The predicted molar refractivity (Wildman–Crippen MR) is 68.1 cm³/mol. The molecule has 0 aromatic heterocycles. The van der Waals surface area contributed by atoms with Gasteiger partial charge in [-0.2, -0.15) is 0 Å². The molecule has 76 valence electrons. The molecule has 1 aliphatic carbocycles. The number of allylic oxidation sites excluding steroid dienone is 1. The summed E-state index contributed by atoms with van der Waals surface area (Å²) in [7, 11) is 0. The Morgan fingerprint density at radius 3 is 2.46 bits per heavy atom. The second-order valence-electron chi connectivity index (χ2n) is 4.66. The largest absolute Gasteiger partial charge is 0.0756 e. The molecule has 0 aromatic carbocycles. The topological polar surface area (TPSA) is 0 Å². The molecule has 0 radical (unpaired) electrons. The summed E-state index contributed by atoms with van der Waals surface area (Å²) in [4.78, 5) is 0. The lowest BCUT2D eigenvalue weighted by Gasteiger charge is -2.27. The van der Waals surface area contributed by atoms with E-state index in [9.17, 15) is 0 Å². The molecule has 0 bridgehead atoms. The van der Waals surface area contributed by atoms with Gasteiger partial charge in [0.15, 0.2) is 0 Å². The molecule has 1 saturated carbocycles. The van der Waals surface area contributed by atoms with E-state index in [-0.39, 0.29) is 0 Å². The summed E-state index contributed by atoms with van der Waals surface area (Å²) in [5.74, 6) is 2.79. The molecule has 1 fully saturated rings. The summed E-state index contributed by atoms with van der Waals surface area (Å²) in [6.07, 6.45) is 9.61. The van der Waals surface area contributed by atoms with Gasteiger partial charge in [0.25, 0.3) is 0 Å². The van der Waals surface area contributed by atoms with Crippen molar-refractivity contribution in [2.45, 2.75) is 46.0 Å². The van der Waals surface area contributed by atoms with E-state index in [0.717, 1.165) is 17.8 Å². The van der Waals surface area contributed by atoms with E-state index < -0.39 is 0 Å². The van der Waals surface area contributed by atoms with Crippen molar-refractivity contribution >= 4 is 22.6 Å². The van der Waals surface area contributed by atoms with Crippen molar-refractivity contribution in [2.24, 2.45) is 17.8 Å². The van der Waals surface area contributed by atoms with Gasteiger partial charge in [-0.3, -0.25) is 0 Å². The lowest BCUT2D eigenvalue weighted by Crippen LogP contribution is -2.14. The van der Waals surface area contributed by atoms with Gasteiger partial charge in [-0.15, -0.1) is 0 Å². The third-order valence-electron chi connectivity index (χ3n) is 3.24. The van der Waals surface area contributed by atoms with Crippen molar-refractivity contribution in [3.63, 3.8) is 0 Å². The highest BCUT2D eigenvalue weighted by atomic mass is 127. The van der Waals surface area contributed by atoms with E-state index >= 15 is 0 Å². The van der Waals surface area contributed by atoms with Gasteiger partial charge in [-0.1, -0.05) is 68.2 Å². The normalized spacial score (nSPS) is 32.2. The van der Waals surface area contributed by atoms with Crippen molar-refractivity contribution in [1.29, 1.82) is 0 Å². The fraction of sp³-hybridized carbons (Fsp3) is 0.833. The maximum absolute atomic E-state index is 2.39. The van der Waals surface area contributed by atoms with Crippen molar-refractivity contribution in [3.05, 3.63) is 10.2 Å². The maximum Gasteiger partial charge on any atom is -0.0252 e. The number of hydrogen-bond donors (Lipinski definition) is 0. The lowest BCUT2D eigenvalue weighted by atomic mass is 9.79. The van der Waals surface area contributed by atoms with Crippen molar-refractivity contribution in [1.82, 2.24) is 0 Å². The highest BCUT2D eigenvalue weighted by Crippen LogP contribution is 2.32. The Hall–Kier alpha value is 0.470. The summed E-state index contributed by atoms with van der Waals surface area (Å²) in [5.41, 5.74) is 0. The Balaban J connectivity index is 2.22. The summed E-state index contributed by atoms with van der Waals surface area (Å²) < 4.78 is 2.16. The van der Waals surface area contributed by atoms with Gasteiger partial charge in [0.05, 0.1) is 0 Å². The van der Waals surface area contributed by atoms with Crippen LogP contribution in [0.2, 0.25) is 0 Å². The molecular weight excluding hydrogens is 271 g/mol. The lowest BCUT2D eigenvalue weighted by molar-refractivity contribution is 0.263. The first kappa shape index (κ1) is 11.5. The van der Waals surface area contributed by atoms with E-state index in [2.05, 4.69) is 46.6 Å². The molecule has 0 saturated heterocycles. The smallest absolute Gasteiger partial charge is 0.0252 e. The van der Waals surface area contributed by atoms with Crippen LogP contribution in [-0.4, -0.2) is 0 Å². The van der Waals surface area contributed by atoms with Gasteiger partial charge in [0.1, 0.15) is 0 Å². The Morgan fingerprint density at radius 2 is 1.92 bits per heavy atom. The first-order valence-electron chi connectivity index (χ1n) is 5.49. The molecule has 1 atom stereocenters. The monoisotopic (exact) mass is 292 g/mol. The van der Waals surface area contributed by atoms with Gasteiger partial charge in [-0.25, -0.2) is 0 Å². The van der Waals surface area contributed by atoms with Crippen molar-refractivity contribution in [3.8, 4) is 0 Å². The van der Waals surface area contributed by atoms with Crippen LogP contribution in [0.4, 0.5) is 0 Å². The highest BCUT2D eigenvalue weighted by molar-refractivity contribution is 14.1. The standard InChI is InChI=1S/C12H21I/c1-10-3-5-12(6-4-10)9-11(2)7-8-13/h7-8,10-12H,3-6,9H2,1-2H3/b8-7-. The van der Waals surface area contributed by atoms with Crippen LogP contribution in [0.1, 0.15) is 46.0 Å². The van der Waals surface area contributed by atoms with Crippen LogP contribution in [-0.2, 0) is 0 Å². The summed E-state index contributed by atoms with van der Waals surface area (Å²) in [6, 6.07) is 0. The zero-order valence-electron chi connectivity index (χ0n) is 8.80. The third-order valence-corrected chi connectivity index (χ3v) is 3.66. The SMILES string of the molecule is CC(/C=C\I)CC1CCC(C)CC1. The van der Waals surface area contributed by atoms with Gasteiger partial charge < -0.3 is 0 Å². The van der Waals surface area contributed by atoms with E-state index in [0.29, 0.717) is 0 Å². The number of rotatable bonds is 3. The fourth-order valence-electron chi connectivity index (χ4n) is 2.29. The maximum atomic E-state index is 2.39. The zero-order valence-corrected chi connectivity index (χ0v) is 11.0. The second kappa shape index (κ2) is 6.05. The Morgan fingerprint density at radius 1 is 1.31 bits per heavy atom. The fourth-order valence-corrected chi connectivity index (χ4v) is 3.00. The van der Waals surface area contributed by atoms with Gasteiger partial charge >= 0.3 is 0 Å². The van der Waals surface area contributed by atoms with Crippen molar-refractivity contribution in [2.75, 3.05) is 0 Å². The summed E-state index contributed by atoms with van der Waals surface area (Å²) in [5, 5.41) is 0.